The number of fused-ring (bicyclic) bond motifs is 1. The van der Waals surface area contributed by atoms with Gasteiger partial charge < -0.3 is 9.47 Å². The van der Waals surface area contributed by atoms with E-state index < -0.39 is 10.0 Å². The van der Waals surface area contributed by atoms with Crippen molar-refractivity contribution in [2.75, 3.05) is 18.0 Å². The molecule has 0 bridgehead atoms. The maximum atomic E-state index is 13.0. The van der Waals surface area contributed by atoms with Crippen LogP contribution in [-0.4, -0.2) is 41.7 Å². The van der Waals surface area contributed by atoms with Crippen LogP contribution in [0, 0.1) is 0 Å². The Morgan fingerprint density at radius 1 is 1.00 bits per heavy atom. The SMILES string of the molecule is CCCc1cc(Oc2ccc(N(C)S(=O)(=O)c3ccc(OCC)cc3)cc2)n2ncnc2n1. The van der Waals surface area contributed by atoms with Crippen LogP contribution in [0.5, 0.6) is 17.4 Å². The Bertz CT molecular complexity index is 1340. The second kappa shape index (κ2) is 9.45. The van der Waals surface area contributed by atoms with Gasteiger partial charge in [0, 0.05) is 18.8 Å². The van der Waals surface area contributed by atoms with Crippen molar-refractivity contribution in [1.82, 2.24) is 19.6 Å². The molecule has 33 heavy (non-hydrogen) atoms. The van der Waals surface area contributed by atoms with E-state index in [0.717, 1.165) is 18.5 Å². The van der Waals surface area contributed by atoms with Crippen LogP contribution in [0.1, 0.15) is 26.0 Å². The summed E-state index contributed by atoms with van der Waals surface area (Å²) < 4.78 is 40.2. The molecule has 2 heterocycles. The summed E-state index contributed by atoms with van der Waals surface area (Å²) in [5, 5.41) is 4.17. The van der Waals surface area contributed by atoms with E-state index in [-0.39, 0.29) is 4.90 Å². The van der Waals surface area contributed by atoms with Gasteiger partial charge in [-0.2, -0.15) is 14.6 Å². The van der Waals surface area contributed by atoms with E-state index in [1.165, 1.54) is 34.3 Å². The normalized spacial score (nSPS) is 11.5. The summed E-state index contributed by atoms with van der Waals surface area (Å²) in [4.78, 5) is 8.80. The molecular formula is C23H25N5O4S. The summed E-state index contributed by atoms with van der Waals surface area (Å²) in [5.74, 6) is 2.12. The molecule has 4 rings (SSSR count). The lowest BCUT2D eigenvalue weighted by molar-refractivity contribution is 0.340. The Hall–Kier alpha value is -3.66. The molecule has 9 nitrogen and oxygen atoms in total. The Morgan fingerprint density at radius 2 is 1.70 bits per heavy atom. The van der Waals surface area contributed by atoms with Gasteiger partial charge >= 0.3 is 0 Å². The smallest absolute Gasteiger partial charge is 0.264 e. The molecular weight excluding hydrogens is 442 g/mol. The zero-order chi connectivity index (χ0) is 23.4. The van der Waals surface area contributed by atoms with Crippen molar-refractivity contribution in [2.45, 2.75) is 31.6 Å². The van der Waals surface area contributed by atoms with Crippen molar-refractivity contribution in [3.8, 4) is 17.4 Å². The van der Waals surface area contributed by atoms with E-state index in [4.69, 9.17) is 9.47 Å². The number of ether oxygens (including phenoxy) is 2. The van der Waals surface area contributed by atoms with Gasteiger partial charge in [-0.25, -0.2) is 13.4 Å². The van der Waals surface area contributed by atoms with Crippen LogP contribution in [0.3, 0.4) is 0 Å². The molecule has 0 amide bonds. The van der Waals surface area contributed by atoms with Gasteiger partial charge in [0.1, 0.15) is 17.8 Å². The second-order valence-corrected chi connectivity index (χ2v) is 9.25. The van der Waals surface area contributed by atoms with E-state index in [9.17, 15) is 8.42 Å². The molecule has 0 spiro atoms. The minimum absolute atomic E-state index is 0.183. The van der Waals surface area contributed by atoms with Crippen molar-refractivity contribution in [3.05, 3.63) is 66.6 Å². The van der Waals surface area contributed by atoms with E-state index in [1.807, 2.05) is 13.0 Å². The zero-order valence-electron chi connectivity index (χ0n) is 18.7. The first-order valence-electron chi connectivity index (χ1n) is 10.6. The number of benzene rings is 2. The van der Waals surface area contributed by atoms with Crippen LogP contribution in [-0.2, 0) is 16.4 Å². The largest absolute Gasteiger partial charge is 0.494 e. The summed E-state index contributed by atoms with van der Waals surface area (Å²) in [5.41, 5.74) is 1.37. The number of hydrogen-bond donors (Lipinski definition) is 0. The van der Waals surface area contributed by atoms with Crippen LogP contribution in [0.4, 0.5) is 5.69 Å². The van der Waals surface area contributed by atoms with E-state index in [0.29, 0.717) is 35.5 Å². The van der Waals surface area contributed by atoms with Crippen LogP contribution in [0.2, 0.25) is 0 Å². The average Bonchev–Trinajstić information content (AvgIpc) is 3.29. The predicted molar refractivity (Wildman–Crippen MR) is 124 cm³/mol. The summed E-state index contributed by atoms with van der Waals surface area (Å²) >= 11 is 0. The van der Waals surface area contributed by atoms with Crippen molar-refractivity contribution in [3.63, 3.8) is 0 Å². The number of anilines is 1. The molecule has 0 N–H and O–H groups in total. The summed E-state index contributed by atoms with van der Waals surface area (Å²) in [6.45, 7) is 4.47. The first-order chi connectivity index (χ1) is 15.9. The maximum Gasteiger partial charge on any atom is 0.264 e. The molecule has 0 aliphatic heterocycles. The fraction of sp³-hybridized carbons (Fsp3) is 0.261. The first kappa shape index (κ1) is 22.5. The minimum atomic E-state index is -3.72. The van der Waals surface area contributed by atoms with E-state index in [2.05, 4.69) is 22.0 Å². The fourth-order valence-corrected chi connectivity index (χ4v) is 4.50. The second-order valence-electron chi connectivity index (χ2n) is 7.28. The summed E-state index contributed by atoms with van der Waals surface area (Å²) in [7, 11) is -2.21. The molecule has 0 aliphatic rings. The van der Waals surface area contributed by atoms with Crippen LogP contribution in [0.25, 0.3) is 5.78 Å². The Morgan fingerprint density at radius 3 is 2.36 bits per heavy atom. The highest BCUT2D eigenvalue weighted by molar-refractivity contribution is 7.92. The Kier molecular flexibility index (Phi) is 6.45. The van der Waals surface area contributed by atoms with Gasteiger partial charge in [-0.05, 0) is 61.9 Å². The van der Waals surface area contributed by atoms with Crippen LogP contribution < -0.4 is 13.8 Å². The lowest BCUT2D eigenvalue weighted by atomic mass is 10.2. The number of sulfonamides is 1. The van der Waals surface area contributed by atoms with Gasteiger partial charge in [0.2, 0.25) is 5.88 Å². The quantitative estimate of drug-likeness (QED) is 0.365. The average molecular weight is 468 g/mol. The lowest BCUT2D eigenvalue weighted by Crippen LogP contribution is -2.26. The van der Waals surface area contributed by atoms with Gasteiger partial charge in [0.15, 0.2) is 0 Å². The van der Waals surface area contributed by atoms with Gasteiger partial charge in [-0.1, -0.05) is 13.3 Å². The Balaban J connectivity index is 1.54. The molecule has 0 saturated heterocycles. The molecule has 4 aromatic rings. The molecule has 172 valence electrons. The van der Waals surface area contributed by atoms with Crippen molar-refractivity contribution in [2.24, 2.45) is 0 Å². The zero-order valence-corrected chi connectivity index (χ0v) is 19.5. The third kappa shape index (κ3) is 4.75. The van der Waals surface area contributed by atoms with Gasteiger partial charge in [0.05, 0.1) is 17.2 Å². The van der Waals surface area contributed by atoms with Gasteiger partial charge in [-0.3, -0.25) is 4.31 Å². The number of rotatable bonds is 9. The molecule has 2 aromatic carbocycles. The van der Waals surface area contributed by atoms with Crippen molar-refractivity contribution >= 4 is 21.5 Å². The monoisotopic (exact) mass is 467 g/mol. The fourth-order valence-electron chi connectivity index (χ4n) is 3.30. The molecule has 0 fully saturated rings. The van der Waals surface area contributed by atoms with Crippen molar-refractivity contribution in [1.29, 1.82) is 0 Å². The lowest BCUT2D eigenvalue weighted by Gasteiger charge is -2.20. The third-order valence-corrected chi connectivity index (χ3v) is 6.79. The molecule has 0 unspecified atom stereocenters. The number of aromatic nitrogens is 4. The number of hydrogen-bond acceptors (Lipinski definition) is 7. The molecule has 0 saturated carbocycles. The topological polar surface area (TPSA) is 98.9 Å². The highest BCUT2D eigenvalue weighted by Crippen LogP contribution is 2.28. The van der Waals surface area contributed by atoms with Crippen LogP contribution in [0.15, 0.2) is 65.8 Å². The highest BCUT2D eigenvalue weighted by Gasteiger charge is 2.21. The molecule has 0 atom stereocenters. The van der Waals surface area contributed by atoms with Crippen molar-refractivity contribution < 1.29 is 17.9 Å². The minimum Gasteiger partial charge on any atom is -0.494 e. The molecule has 2 aromatic heterocycles. The summed E-state index contributed by atoms with van der Waals surface area (Å²) in [6.07, 6.45) is 3.17. The van der Waals surface area contributed by atoms with E-state index in [1.54, 1.807) is 36.4 Å². The Labute approximate surface area is 192 Å². The summed E-state index contributed by atoms with van der Waals surface area (Å²) in [6, 6.07) is 15.0. The highest BCUT2D eigenvalue weighted by atomic mass is 32.2. The van der Waals surface area contributed by atoms with Gasteiger partial charge in [0.25, 0.3) is 15.8 Å². The van der Waals surface area contributed by atoms with Gasteiger partial charge in [-0.15, -0.1) is 0 Å². The molecule has 10 heteroatoms. The number of nitrogens with zero attached hydrogens (tertiary/aromatic N) is 5. The maximum absolute atomic E-state index is 13.0. The predicted octanol–water partition coefficient (Wildman–Crippen LogP) is 4.09. The standard InChI is InChI=1S/C23H25N5O4S/c1-4-6-17-15-22(28-23(26-17)24-16-25-28)32-20-9-7-18(8-10-20)27(3)33(29,30)21-13-11-19(12-14-21)31-5-2/h7-16H,4-6H2,1-3H3. The number of aryl methyl sites for hydroxylation is 1. The van der Waals surface area contributed by atoms with Crippen LogP contribution >= 0.6 is 0 Å². The van der Waals surface area contributed by atoms with E-state index >= 15 is 0 Å². The molecule has 0 aliphatic carbocycles. The first-order valence-corrected chi connectivity index (χ1v) is 12.1. The molecule has 0 radical (unpaired) electrons. The third-order valence-electron chi connectivity index (χ3n) is 4.99.